The highest BCUT2D eigenvalue weighted by atomic mass is 35.5. The molecule has 1 aliphatic rings. The Morgan fingerprint density at radius 2 is 1.72 bits per heavy atom. The van der Waals surface area contributed by atoms with Gasteiger partial charge in [0, 0.05) is 5.69 Å². The van der Waals surface area contributed by atoms with E-state index >= 15 is 0 Å². The molecule has 0 bridgehead atoms. The average Bonchev–Trinajstić information content (AvgIpc) is 2.89. The maximum atomic E-state index is 13.3. The molecule has 1 fully saturated rings. The van der Waals surface area contributed by atoms with Gasteiger partial charge in [-0.3, -0.25) is 19.7 Å². The first-order valence-corrected chi connectivity index (χ1v) is 12.2. The Hall–Kier alpha value is -4.41. The van der Waals surface area contributed by atoms with E-state index < -0.39 is 29.6 Å². The molecule has 0 aliphatic carbocycles. The molecule has 0 spiro atoms. The molecule has 1 heterocycles. The summed E-state index contributed by atoms with van der Waals surface area (Å²) >= 11 is 11.9. The third-order valence-corrected chi connectivity index (χ3v) is 6.07. The second-order valence-electron chi connectivity index (χ2n) is 8.04. The van der Waals surface area contributed by atoms with Crippen LogP contribution in [0.5, 0.6) is 11.5 Å². The number of anilines is 2. The normalized spacial score (nSPS) is 14.3. The summed E-state index contributed by atoms with van der Waals surface area (Å²) in [6.45, 7) is 1.66. The van der Waals surface area contributed by atoms with Crippen LogP contribution in [-0.2, 0) is 14.4 Å². The second kappa shape index (κ2) is 12.0. The van der Waals surface area contributed by atoms with E-state index in [2.05, 4.69) is 10.6 Å². The lowest BCUT2D eigenvalue weighted by Gasteiger charge is -2.26. The van der Waals surface area contributed by atoms with Crippen molar-refractivity contribution in [1.29, 1.82) is 0 Å². The molecule has 39 heavy (non-hydrogen) atoms. The fourth-order valence-electron chi connectivity index (χ4n) is 3.57. The highest BCUT2D eigenvalue weighted by Crippen LogP contribution is 2.31. The summed E-state index contributed by atoms with van der Waals surface area (Å²) in [7, 11) is 0. The van der Waals surface area contributed by atoms with E-state index in [1.165, 1.54) is 36.4 Å². The van der Waals surface area contributed by atoms with Crippen LogP contribution < -0.4 is 25.0 Å². The molecule has 1 saturated heterocycles. The number of hydrogen-bond acceptors (Lipinski definition) is 6. The van der Waals surface area contributed by atoms with Crippen LogP contribution in [0.15, 0.2) is 66.2 Å². The zero-order valence-electron chi connectivity index (χ0n) is 20.3. The average molecular weight is 572 g/mol. The summed E-state index contributed by atoms with van der Waals surface area (Å²) in [6.07, 6.45) is 1.28. The van der Waals surface area contributed by atoms with Crippen LogP contribution >= 0.6 is 23.2 Å². The van der Waals surface area contributed by atoms with Crippen molar-refractivity contribution in [2.45, 2.75) is 6.92 Å². The van der Waals surface area contributed by atoms with E-state index in [-0.39, 0.29) is 41.0 Å². The molecule has 2 N–H and O–H groups in total. The van der Waals surface area contributed by atoms with Gasteiger partial charge in [-0.15, -0.1) is 0 Å². The number of rotatable bonds is 8. The molecule has 4 rings (SSSR count). The van der Waals surface area contributed by atoms with Gasteiger partial charge in [0.15, 0.2) is 18.1 Å². The smallest absolute Gasteiger partial charge is 0.335 e. The van der Waals surface area contributed by atoms with Crippen LogP contribution in [0.4, 0.5) is 20.6 Å². The fourth-order valence-corrected chi connectivity index (χ4v) is 3.86. The number of halogens is 3. The van der Waals surface area contributed by atoms with Gasteiger partial charge in [-0.2, -0.15) is 0 Å². The van der Waals surface area contributed by atoms with Crippen LogP contribution in [-0.4, -0.2) is 37.0 Å². The van der Waals surface area contributed by atoms with Gasteiger partial charge in [0.2, 0.25) is 0 Å². The number of hydrogen-bond donors (Lipinski definition) is 2. The van der Waals surface area contributed by atoms with E-state index in [9.17, 15) is 23.6 Å². The van der Waals surface area contributed by atoms with Crippen molar-refractivity contribution in [2.75, 3.05) is 23.4 Å². The van der Waals surface area contributed by atoms with Gasteiger partial charge < -0.3 is 14.8 Å². The molecule has 0 saturated carbocycles. The Labute approximate surface area is 232 Å². The highest BCUT2D eigenvalue weighted by molar-refractivity contribution is 6.42. The number of nitrogens with zero attached hydrogens (tertiary/aromatic N) is 1. The monoisotopic (exact) mass is 571 g/mol. The van der Waals surface area contributed by atoms with Crippen molar-refractivity contribution < 1.29 is 33.0 Å². The Balaban J connectivity index is 1.52. The second-order valence-corrected chi connectivity index (χ2v) is 8.85. The number of carbonyl (C=O) groups is 4. The van der Waals surface area contributed by atoms with E-state index in [1.807, 2.05) is 0 Å². The Bertz CT molecular complexity index is 1490. The summed E-state index contributed by atoms with van der Waals surface area (Å²) in [5.74, 6) is -2.28. The fraction of sp³-hybridized carbons (Fsp3) is 0.111. The standard InChI is InChI=1S/C27H20Cl2FN3O6/c1-2-38-23-12-15(3-10-22(23)39-14-24(34)31-17-6-9-20(28)21(29)13-17)11-19-25(35)32-27(37)33(26(19)36)18-7-4-16(30)5-8-18/h3-13H,2,14H2,1H3,(H,31,34)(H,32,35,37)/b19-11+. The lowest BCUT2D eigenvalue weighted by atomic mass is 10.1. The largest absolute Gasteiger partial charge is 0.490 e. The molecular formula is C27H20Cl2FN3O6. The minimum absolute atomic E-state index is 0.0928. The SMILES string of the molecule is CCOc1cc(/C=C2\C(=O)NC(=O)N(c3ccc(F)cc3)C2=O)ccc1OCC(=O)Nc1ccc(Cl)c(Cl)c1. The van der Waals surface area contributed by atoms with Crippen molar-refractivity contribution in [1.82, 2.24) is 5.32 Å². The number of nitrogens with one attached hydrogen (secondary N) is 2. The number of barbiturate groups is 1. The van der Waals surface area contributed by atoms with Crippen LogP contribution in [0.2, 0.25) is 10.0 Å². The third-order valence-electron chi connectivity index (χ3n) is 5.33. The maximum absolute atomic E-state index is 13.3. The topological polar surface area (TPSA) is 114 Å². The number of amides is 5. The zero-order valence-corrected chi connectivity index (χ0v) is 21.8. The van der Waals surface area contributed by atoms with E-state index in [4.69, 9.17) is 32.7 Å². The predicted molar refractivity (Wildman–Crippen MR) is 144 cm³/mol. The van der Waals surface area contributed by atoms with Crippen molar-refractivity contribution in [3.8, 4) is 11.5 Å². The predicted octanol–water partition coefficient (Wildman–Crippen LogP) is 5.22. The Morgan fingerprint density at radius 1 is 0.974 bits per heavy atom. The van der Waals surface area contributed by atoms with Crippen molar-refractivity contribution in [2.24, 2.45) is 0 Å². The van der Waals surface area contributed by atoms with Crippen LogP contribution in [0, 0.1) is 5.82 Å². The van der Waals surface area contributed by atoms with Gasteiger partial charge in [-0.1, -0.05) is 29.3 Å². The molecule has 3 aromatic carbocycles. The molecule has 9 nitrogen and oxygen atoms in total. The zero-order chi connectivity index (χ0) is 28.1. The quantitative estimate of drug-likeness (QED) is 0.283. The van der Waals surface area contributed by atoms with Gasteiger partial charge in [0.25, 0.3) is 17.7 Å². The molecular weight excluding hydrogens is 552 g/mol. The van der Waals surface area contributed by atoms with Gasteiger partial charge in [-0.05, 0) is 73.2 Å². The Kier molecular flexibility index (Phi) is 8.48. The van der Waals surface area contributed by atoms with Crippen LogP contribution in [0.3, 0.4) is 0 Å². The first-order chi connectivity index (χ1) is 18.7. The van der Waals surface area contributed by atoms with Gasteiger partial charge in [0.1, 0.15) is 11.4 Å². The lowest BCUT2D eigenvalue weighted by Crippen LogP contribution is -2.54. The minimum atomic E-state index is -0.952. The van der Waals surface area contributed by atoms with Crippen molar-refractivity contribution in [3.63, 3.8) is 0 Å². The minimum Gasteiger partial charge on any atom is -0.490 e. The van der Waals surface area contributed by atoms with Crippen molar-refractivity contribution >= 4 is 64.4 Å². The molecule has 200 valence electrons. The number of urea groups is 1. The van der Waals surface area contributed by atoms with Gasteiger partial charge >= 0.3 is 6.03 Å². The molecule has 0 atom stereocenters. The number of imide groups is 2. The van der Waals surface area contributed by atoms with Crippen LogP contribution in [0.25, 0.3) is 6.08 Å². The van der Waals surface area contributed by atoms with E-state index in [0.29, 0.717) is 16.3 Å². The van der Waals surface area contributed by atoms with Gasteiger partial charge in [0.05, 0.1) is 22.3 Å². The molecule has 0 unspecified atom stereocenters. The number of carbonyl (C=O) groups excluding carboxylic acids is 4. The molecule has 12 heteroatoms. The summed E-state index contributed by atoms with van der Waals surface area (Å²) < 4.78 is 24.5. The molecule has 0 aromatic heterocycles. The molecule has 3 aromatic rings. The van der Waals surface area contributed by atoms with E-state index in [0.717, 1.165) is 17.0 Å². The summed E-state index contributed by atoms with van der Waals surface area (Å²) in [6, 6.07) is 12.9. The van der Waals surface area contributed by atoms with E-state index in [1.54, 1.807) is 25.1 Å². The number of ether oxygens (including phenoxy) is 2. The summed E-state index contributed by atoms with van der Waals surface area (Å²) in [5.41, 5.74) is 0.595. The summed E-state index contributed by atoms with van der Waals surface area (Å²) in [4.78, 5) is 50.9. The Morgan fingerprint density at radius 3 is 2.41 bits per heavy atom. The molecule has 1 aliphatic heterocycles. The first-order valence-electron chi connectivity index (χ1n) is 11.5. The van der Waals surface area contributed by atoms with Crippen LogP contribution in [0.1, 0.15) is 12.5 Å². The molecule has 5 amide bonds. The number of benzene rings is 3. The maximum Gasteiger partial charge on any atom is 0.335 e. The third kappa shape index (κ3) is 6.54. The molecule has 0 radical (unpaired) electrons. The van der Waals surface area contributed by atoms with Crippen molar-refractivity contribution in [3.05, 3.63) is 87.7 Å². The first kappa shape index (κ1) is 27.6. The van der Waals surface area contributed by atoms with Gasteiger partial charge in [-0.25, -0.2) is 14.1 Å². The lowest BCUT2D eigenvalue weighted by molar-refractivity contribution is -0.122. The highest BCUT2D eigenvalue weighted by Gasteiger charge is 2.36. The summed E-state index contributed by atoms with van der Waals surface area (Å²) in [5, 5.41) is 5.38.